The second-order valence-corrected chi connectivity index (χ2v) is 5.83. The third-order valence-corrected chi connectivity index (χ3v) is 4.04. The zero-order valence-electron chi connectivity index (χ0n) is 13.9. The highest BCUT2D eigenvalue weighted by Gasteiger charge is 2.17. The summed E-state index contributed by atoms with van der Waals surface area (Å²) in [6, 6.07) is 13.5. The lowest BCUT2D eigenvalue weighted by atomic mass is 10.1. The number of benzene rings is 1. The molecule has 4 rings (SSSR count). The topological polar surface area (TPSA) is 72.4 Å². The van der Waals surface area contributed by atoms with Crippen molar-refractivity contribution in [2.45, 2.75) is 13.8 Å². The molecule has 25 heavy (non-hydrogen) atoms. The molecule has 1 amide bonds. The van der Waals surface area contributed by atoms with Crippen molar-refractivity contribution in [3.05, 3.63) is 71.9 Å². The molecule has 0 unspecified atom stereocenters. The van der Waals surface area contributed by atoms with E-state index in [0.717, 1.165) is 16.9 Å². The summed E-state index contributed by atoms with van der Waals surface area (Å²) in [5, 5.41) is 6.72. The monoisotopic (exact) mass is 332 g/mol. The van der Waals surface area contributed by atoms with Crippen LogP contribution < -0.4 is 5.32 Å². The van der Waals surface area contributed by atoms with Crippen LogP contribution in [0.15, 0.2) is 59.4 Å². The molecule has 0 aliphatic carbocycles. The van der Waals surface area contributed by atoms with Crippen LogP contribution in [-0.4, -0.2) is 20.4 Å². The molecule has 3 heterocycles. The fourth-order valence-electron chi connectivity index (χ4n) is 2.83. The molecule has 1 aromatic carbocycles. The van der Waals surface area contributed by atoms with Crippen LogP contribution in [-0.2, 0) is 0 Å². The summed E-state index contributed by atoms with van der Waals surface area (Å²) in [5.41, 5.74) is 4.40. The Bertz CT molecular complexity index is 1030. The van der Waals surface area contributed by atoms with Gasteiger partial charge in [-0.1, -0.05) is 23.4 Å². The average molecular weight is 332 g/mol. The number of hydrogen-bond acceptors (Lipinski definition) is 4. The van der Waals surface area contributed by atoms with Crippen LogP contribution in [0.4, 0.5) is 5.69 Å². The molecule has 0 fully saturated rings. The molecule has 0 radical (unpaired) electrons. The number of imidazole rings is 1. The first-order valence-electron chi connectivity index (χ1n) is 7.90. The van der Waals surface area contributed by atoms with Gasteiger partial charge < -0.3 is 14.2 Å². The van der Waals surface area contributed by atoms with Crippen molar-refractivity contribution in [3.8, 4) is 11.3 Å². The minimum atomic E-state index is -0.233. The number of fused-ring (bicyclic) bond motifs is 1. The van der Waals surface area contributed by atoms with Gasteiger partial charge in [-0.15, -0.1) is 0 Å². The summed E-state index contributed by atoms with van der Waals surface area (Å²) in [5.74, 6) is 0.273. The van der Waals surface area contributed by atoms with Gasteiger partial charge in [0.2, 0.25) is 0 Å². The van der Waals surface area contributed by atoms with Gasteiger partial charge in [0.05, 0.1) is 11.4 Å². The van der Waals surface area contributed by atoms with E-state index in [-0.39, 0.29) is 5.91 Å². The molecule has 1 N–H and O–H groups in total. The van der Waals surface area contributed by atoms with Crippen molar-refractivity contribution < 1.29 is 9.32 Å². The Morgan fingerprint density at radius 3 is 2.80 bits per heavy atom. The molecule has 6 heteroatoms. The molecule has 4 aromatic rings. The Balaban J connectivity index is 1.64. The van der Waals surface area contributed by atoms with Gasteiger partial charge in [0.25, 0.3) is 5.91 Å². The van der Waals surface area contributed by atoms with Crippen LogP contribution in [0.5, 0.6) is 0 Å². The maximum Gasteiger partial charge on any atom is 0.261 e. The highest BCUT2D eigenvalue weighted by Crippen LogP contribution is 2.23. The maximum absolute atomic E-state index is 12.5. The minimum Gasteiger partial charge on any atom is -0.361 e. The van der Waals surface area contributed by atoms with Crippen molar-refractivity contribution in [1.82, 2.24) is 14.5 Å². The second kappa shape index (κ2) is 5.90. The van der Waals surface area contributed by atoms with E-state index in [0.29, 0.717) is 22.7 Å². The Labute approximate surface area is 144 Å². The van der Waals surface area contributed by atoms with Crippen molar-refractivity contribution >= 4 is 17.2 Å². The number of pyridine rings is 1. The number of nitrogens with one attached hydrogen (secondary N) is 1. The zero-order chi connectivity index (χ0) is 17.4. The predicted octanol–water partition coefficient (Wildman–Crippen LogP) is 3.86. The summed E-state index contributed by atoms with van der Waals surface area (Å²) < 4.78 is 7.02. The van der Waals surface area contributed by atoms with Gasteiger partial charge in [0.15, 0.2) is 0 Å². The Kier molecular flexibility index (Phi) is 3.57. The SMILES string of the molecule is Cc1noc(C)c1C(=O)Nc1cccc(-c2cn3ccccc3n2)c1. The predicted molar refractivity (Wildman–Crippen MR) is 94.6 cm³/mol. The molecule has 3 aromatic heterocycles. The van der Waals surface area contributed by atoms with E-state index in [1.807, 2.05) is 59.3 Å². The van der Waals surface area contributed by atoms with Crippen LogP contribution in [0.3, 0.4) is 0 Å². The molecule has 0 spiro atoms. The van der Waals surface area contributed by atoms with Crippen LogP contribution >= 0.6 is 0 Å². The van der Waals surface area contributed by atoms with E-state index in [1.165, 1.54) is 0 Å². The Morgan fingerprint density at radius 1 is 1.16 bits per heavy atom. The number of aryl methyl sites for hydroxylation is 2. The third kappa shape index (κ3) is 2.78. The summed E-state index contributed by atoms with van der Waals surface area (Å²) in [4.78, 5) is 17.1. The molecule has 124 valence electrons. The second-order valence-electron chi connectivity index (χ2n) is 5.83. The Morgan fingerprint density at radius 2 is 2.04 bits per heavy atom. The van der Waals surface area contributed by atoms with Gasteiger partial charge in [0, 0.05) is 23.6 Å². The van der Waals surface area contributed by atoms with Crippen LogP contribution in [0.25, 0.3) is 16.9 Å². The van der Waals surface area contributed by atoms with Gasteiger partial charge in [0.1, 0.15) is 17.0 Å². The van der Waals surface area contributed by atoms with Crippen molar-refractivity contribution in [3.63, 3.8) is 0 Å². The molecular weight excluding hydrogens is 316 g/mol. The minimum absolute atomic E-state index is 0.233. The van der Waals surface area contributed by atoms with Gasteiger partial charge in [-0.25, -0.2) is 4.98 Å². The van der Waals surface area contributed by atoms with Crippen LogP contribution in [0.1, 0.15) is 21.8 Å². The number of anilines is 1. The lowest BCUT2D eigenvalue weighted by Gasteiger charge is -2.06. The van der Waals surface area contributed by atoms with E-state index in [9.17, 15) is 4.79 Å². The first-order valence-corrected chi connectivity index (χ1v) is 7.90. The van der Waals surface area contributed by atoms with Gasteiger partial charge in [-0.05, 0) is 38.1 Å². The largest absolute Gasteiger partial charge is 0.361 e. The lowest BCUT2D eigenvalue weighted by Crippen LogP contribution is -2.13. The van der Waals surface area contributed by atoms with Crippen molar-refractivity contribution in [2.24, 2.45) is 0 Å². The number of amides is 1. The summed E-state index contributed by atoms with van der Waals surface area (Å²) >= 11 is 0. The molecule has 6 nitrogen and oxygen atoms in total. The first kappa shape index (κ1) is 15.1. The number of carbonyl (C=O) groups is 1. The number of nitrogens with zero attached hydrogens (tertiary/aromatic N) is 3. The quantitative estimate of drug-likeness (QED) is 0.618. The zero-order valence-corrected chi connectivity index (χ0v) is 13.9. The summed E-state index contributed by atoms with van der Waals surface area (Å²) in [6.07, 6.45) is 3.92. The van der Waals surface area contributed by atoms with Crippen LogP contribution in [0.2, 0.25) is 0 Å². The van der Waals surface area contributed by atoms with E-state index in [1.54, 1.807) is 13.8 Å². The molecular formula is C19H16N4O2. The molecule has 0 atom stereocenters. The van der Waals surface area contributed by atoms with E-state index in [4.69, 9.17) is 4.52 Å². The molecule has 0 aliphatic rings. The van der Waals surface area contributed by atoms with E-state index >= 15 is 0 Å². The fourth-order valence-corrected chi connectivity index (χ4v) is 2.83. The maximum atomic E-state index is 12.5. The highest BCUT2D eigenvalue weighted by atomic mass is 16.5. The van der Waals surface area contributed by atoms with Gasteiger partial charge in [-0.3, -0.25) is 4.79 Å². The van der Waals surface area contributed by atoms with E-state index < -0.39 is 0 Å². The number of hydrogen-bond donors (Lipinski definition) is 1. The van der Waals surface area contributed by atoms with Crippen LogP contribution in [0, 0.1) is 13.8 Å². The van der Waals surface area contributed by atoms with Gasteiger partial charge in [-0.2, -0.15) is 0 Å². The Hall–Kier alpha value is -3.41. The highest BCUT2D eigenvalue weighted by molar-refractivity contribution is 6.05. The smallest absolute Gasteiger partial charge is 0.261 e. The number of carbonyl (C=O) groups excluding carboxylic acids is 1. The molecule has 0 aliphatic heterocycles. The van der Waals surface area contributed by atoms with Gasteiger partial charge >= 0.3 is 0 Å². The molecule has 0 saturated carbocycles. The summed E-state index contributed by atoms with van der Waals surface area (Å²) in [6.45, 7) is 3.47. The van der Waals surface area contributed by atoms with E-state index in [2.05, 4.69) is 15.5 Å². The standard InChI is InChI=1S/C19H16N4O2/c1-12-18(13(2)25-22-12)19(24)20-15-7-5-6-14(10-15)16-11-23-9-4-3-8-17(23)21-16/h3-11H,1-2H3,(H,20,24). The summed E-state index contributed by atoms with van der Waals surface area (Å²) in [7, 11) is 0. The lowest BCUT2D eigenvalue weighted by molar-refractivity contribution is 0.102. The first-order chi connectivity index (χ1) is 12.1. The normalized spacial score (nSPS) is 11.0. The fraction of sp³-hybridized carbons (Fsp3) is 0.105. The van der Waals surface area contributed by atoms with Crippen molar-refractivity contribution in [2.75, 3.05) is 5.32 Å². The molecule has 0 bridgehead atoms. The third-order valence-electron chi connectivity index (χ3n) is 4.04. The number of aromatic nitrogens is 3. The number of rotatable bonds is 3. The molecule has 0 saturated heterocycles. The van der Waals surface area contributed by atoms with Crippen molar-refractivity contribution in [1.29, 1.82) is 0 Å². The average Bonchev–Trinajstić information content (AvgIpc) is 3.18.